The van der Waals surface area contributed by atoms with E-state index in [2.05, 4.69) is 29.7 Å². The SMILES string of the molecule is COc1ccccc1OCCCCn1c(COc2cccc(C)c2)nc2ccccc21. The van der Waals surface area contributed by atoms with Crippen LogP contribution >= 0.6 is 0 Å². The first-order valence-corrected chi connectivity index (χ1v) is 10.6. The maximum Gasteiger partial charge on any atom is 0.161 e. The lowest BCUT2D eigenvalue weighted by Gasteiger charge is -2.12. The van der Waals surface area contributed by atoms with E-state index < -0.39 is 0 Å². The zero-order valence-corrected chi connectivity index (χ0v) is 18.1. The fraction of sp³-hybridized carbons (Fsp3) is 0.269. The van der Waals surface area contributed by atoms with Gasteiger partial charge in [0, 0.05) is 6.54 Å². The van der Waals surface area contributed by atoms with Crippen molar-refractivity contribution in [1.29, 1.82) is 0 Å². The Morgan fingerprint density at radius 2 is 1.65 bits per heavy atom. The fourth-order valence-corrected chi connectivity index (χ4v) is 3.63. The number of hydrogen-bond acceptors (Lipinski definition) is 4. The molecule has 0 unspecified atom stereocenters. The van der Waals surface area contributed by atoms with E-state index in [-0.39, 0.29) is 0 Å². The quantitative estimate of drug-likeness (QED) is 0.307. The number of hydrogen-bond donors (Lipinski definition) is 0. The Kier molecular flexibility index (Phi) is 6.72. The number of benzene rings is 3. The number of aryl methyl sites for hydroxylation is 2. The molecule has 3 aromatic carbocycles. The van der Waals surface area contributed by atoms with Crippen LogP contribution in [0.1, 0.15) is 24.2 Å². The van der Waals surface area contributed by atoms with Gasteiger partial charge in [-0.1, -0.05) is 36.4 Å². The molecule has 0 aliphatic carbocycles. The van der Waals surface area contributed by atoms with E-state index in [9.17, 15) is 0 Å². The average molecular weight is 417 g/mol. The van der Waals surface area contributed by atoms with Crippen molar-refractivity contribution in [2.45, 2.75) is 32.9 Å². The van der Waals surface area contributed by atoms with Crippen molar-refractivity contribution in [3.63, 3.8) is 0 Å². The molecular formula is C26H28N2O3. The number of fused-ring (bicyclic) bond motifs is 1. The molecule has 0 saturated heterocycles. The first-order chi connectivity index (χ1) is 15.2. The van der Waals surface area contributed by atoms with Gasteiger partial charge in [0.25, 0.3) is 0 Å². The van der Waals surface area contributed by atoms with E-state index in [4.69, 9.17) is 19.2 Å². The van der Waals surface area contributed by atoms with E-state index in [0.29, 0.717) is 13.2 Å². The summed E-state index contributed by atoms with van der Waals surface area (Å²) in [6.45, 7) is 4.01. The molecule has 5 nitrogen and oxygen atoms in total. The summed E-state index contributed by atoms with van der Waals surface area (Å²) in [4.78, 5) is 4.81. The lowest BCUT2D eigenvalue weighted by molar-refractivity contribution is 0.278. The smallest absolute Gasteiger partial charge is 0.161 e. The first-order valence-electron chi connectivity index (χ1n) is 10.6. The van der Waals surface area contributed by atoms with Crippen LogP contribution in [-0.4, -0.2) is 23.3 Å². The maximum atomic E-state index is 6.03. The molecule has 4 rings (SSSR count). The molecule has 0 bridgehead atoms. The molecule has 0 N–H and O–H groups in total. The second-order valence-electron chi connectivity index (χ2n) is 7.48. The third kappa shape index (κ3) is 5.18. The van der Waals surface area contributed by atoms with Gasteiger partial charge in [0.15, 0.2) is 11.5 Å². The number of unbranched alkanes of at least 4 members (excludes halogenated alkanes) is 1. The third-order valence-corrected chi connectivity index (χ3v) is 5.19. The molecule has 0 radical (unpaired) electrons. The Balaban J connectivity index is 1.38. The number of rotatable bonds is 10. The zero-order chi connectivity index (χ0) is 21.5. The van der Waals surface area contributed by atoms with Gasteiger partial charge in [-0.05, 0) is 61.7 Å². The summed E-state index contributed by atoms with van der Waals surface area (Å²) in [5, 5.41) is 0. The van der Waals surface area contributed by atoms with Crippen molar-refractivity contribution in [1.82, 2.24) is 9.55 Å². The fourth-order valence-electron chi connectivity index (χ4n) is 3.63. The number of para-hydroxylation sites is 4. The van der Waals surface area contributed by atoms with Crippen LogP contribution in [0.5, 0.6) is 17.2 Å². The van der Waals surface area contributed by atoms with E-state index >= 15 is 0 Å². The van der Waals surface area contributed by atoms with Crippen LogP contribution in [0.3, 0.4) is 0 Å². The van der Waals surface area contributed by atoms with E-state index in [1.807, 2.05) is 54.6 Å². The van der Waals surface area contributed by atoms with Crippen molar-refractivity contribution in [2.24, 2.45) is 0 Å². The molecule has 1 heterocycles. The monoisotopic (exact) mass is 416 g/mol. The summed E-state index contributed by atoms with van der Waals surface area (Å²) in [6, 6.07) is 24.1. The van der Waals surface area contributed by atoms with Crippen molar-refractivity contribution in [3.8, 4) is 17.2 Å². The minimum absolute atomic E-state index is 0.440. The number of imidazole rings is 1. The van der Waals surface area contributed by atoms with Crippen LogP contribution in [-0.2, 0) is 13.2 Å². The third-order valence-electron chi connectivity index (χ3n) is 5.19. The Labute approximate surface area is 183 Å². The molecule has 4 aromatic rings. The normalized spacial score (nSPS) is 10.9. The van der Waals surface area contributed by atoms with Crippen LogP contribution in [0, 0.1) is 6.92 Å². The Hall–Kier alpha value is -3.47. The molecule has 0 fully saturated rings. The van der Waals surface area contributed by atoms with Gasteiger partial charge in [-0.25, -0.2) is 4.98 Å². The lowest BCUT2D eigenvalue weighted by atomic mass is 10.2. The second-order valence-corrected chi connectivity index (χ2v) is 7.48. The van der Waals surface area contributed by atoms with Gasteiger partial charge in [0.1, 0.15) is 18.2 Å². The van der Waals surface area contributed by atoms with E-state index in [1.165, 1.54) is 5.56 Å². The van der Waals surface area contributed by atoms with Crippen molar-refractivity contribution in [3.05, 3.63) is 84.2 Å². The largest absolute Gasteiger partial charge is 0.493 e. The van der Waals surface area contributed by atoms with Gasteiger partial charge in [0.2, 0.25) is 0 Å². The maximum absolute atomic E-state index is 6.03. The topological polar surface area (TPSA) is 45.5 Å². The molecule has 0 spiro atoms. The Morgan fingerprint density at radius 3 is 2.48 bits per heavy atom. The van der Waals surface area contributed by atoms with Gasteiger partial charge >= 0.3 is 0 Å². The molecule has 0 saturated carbocycles. The predicted octanol–water partition coefficient (Wildman–Crippen LogP) is 5.79. The highest BCUT2D eigenvalue weighted by molar-refractivity contribution is 5.75. The molecule has 1 aromatic heterocycles. The van der Waals surface area contributed by atoms with Crippen molar-refractivity contribution in [2.75, 3.05) is 13.7 Å². The summed E-state index contributed by atoms with van der Waals surface area (Å²) in [6.07, 6.45) is 1.91. The first kappa shape index (κ1) is 20.8. The molecule has 0 amide bonds. The van der Waals surface area contributed by atoms with Crippen molar-refractivity contribution < 1.29 is 14.2 Å². The second kappa shape index (κ2) is 10.0. The number of aromatic nitrogens is 2. The van der Waals surface area contributed by atoms with Crippen molar-refractivity contribution >= 4 is 11.0 Å². The molecule has 0 atom stereocenters. The minimum atomic E-state index is 0.440. The number of nitrogens with zero attached hydrogens (tertiary/aromatic N) is 2. The highest BCUT2D eigenvalue weighted by Crippen LogP contribution is 2.26. The van der Waals surface area contributed by atoms with Gasteiger partial charge in [-0.2, -0.15) is 0 Å². The summed E-state index contributed by atoms with van der Waals surface area (Å²) in [5.74, 6) is 3.35. The average Bonchev–Trinajstić information content (AvgIpc) is 3.15. The molecule has 0 aliphatic rings. The van der Waals surface area contributed by atoms with Gasteiger partial charge < -0.3 is 18.8 Å². The van der Waals surface area contributed by atoms with Gasteiger partial charge in [0.05, 0.1) is 24.8 Å². The molecule has 160 valence electrons. The molecule has 31 heavy (non-hydrogen) atoms. The van der Waals surface area contributed by atoms with E-state index in [1.54, 1.807) is 7.11 Å². The number of ether oxygens (including phenoxy) is 3. The Bertz CT molecular complexity index is 1140. The van der Waals surface area contributed by atoms with Crippen LogP contribution in [0.4, 0.5) is 0 Å². The molecule has 0 aliphatic heterocycles. The Morgan fingerprint density at radius 1 is 0.839 bits per heavy atom. The summed E-state index contributed by atoms with van der Waals surface area (Å²) >= 11 is 0. The van der Waals surface area contributed by atoms with Gasteiger partial charge in [-0.15, -0.1) is 0 Å². The van der Waals surface area contributed by atoms with Crippen LogP contribution in [0.15, 0.2) is 72.8 Å². The number of methoxy groups -OCH3 is 1. The highest BCUT2D eigenvalue weighted by Gasteiger charge is 2.11. The minimum Gasteiger partial charge on any atom is -0.493 e. The van der Waals surface area contributed by atoms with Gasteiger partial charge in [-0.3, -0.25) is 0 Å². The molecule has 5 heteroatoms. The lowest BCUT2D eigenvalue weighted by Crippen LogP contribution is -2.09. The van der Waals surface area contributed by atoms with Crippen LogP contribution in [0.2, 0.25) is 0 Å². The highest BCUT2D eigenvalue weighted by atomic mass is 16.5. The van der Waals surface area contributed by atoms with Crippen LogP contribution < -0.4 is 14.2 Å². The standard InChI is InChI=1S/C26H28N2O3/c1-20-10-9-11-21(18-20)31-19-26-27-22-12-3-4-13-23(22)28(26)16-7-8-17-30-25-15-6-5-14-24(25)29-2/h3-6,9-15,18H,7-8,16-17,19H2,1-2H3. The summed E-state index contributed by atoms with van der Waals surface area (Å²) < 4.78 is 19.5. The molecular weight excluding hydrogens is 388 g/mol. The predicted molar refractivity (Wildman–Crippen MR) is 123 cm³/mol. The van der Waals surface area contributed by atoms with E-state index in [0.717, 1.165) is 53.5 Å². The zero-order valence-electron chi connectivity index (χ0n) is 18.1. The summed E-state index contributed by atoms with van der Waals surface area (Å²) in [7, 11) is 1.66. The summed E-state index contributed by atoms with van der Waals surface area (Å²) in [5.41, 5.74) is 3.31. The van der Waals surface area contributed by atoms with Crippen LogP contribution in [0.25, 0.3) is 11.0 Å².